The van der Waals surface area contributed by atoms with E-state index in [0.717, 1.165) is 32.1 Å². The van der Waals surface area contributed by atoms with Gasteiger partial charge in [-0.15, -0.1) is 5.06 Å². The summed E-state index contributed by atoms with van der Waals surface area (Å²) in [5, 5.41) is 11.6. The molecule has 0 aromatic carbocycles. The molecular formula is C30H61N2O3+. The molecule has 0 aliphatic carbocycles. The highest BCUT2D eigenvalue weighted by atomic mass is 16.7. The van der Waals surface area contributed by atoms with Crippen molar-refractivity contribution < 1.29 is 19.7 Å². The Balaban J connectivity index is 3.49. The molecule has 0 radical (unpaired) electrons. The monoisotopic (exact) mass is 497 g/mol. The molecule has 0 rings (SSSR count). The van der Waals surface area contributed by atoms with Gasteiger partial charge in [-0.05, 0) is 12.8 Å². The van der Waals surface area contributed by atoms with Crippen molar-refractivity contribution in [3.63, 3.8) is 0 Å². The predicted molar refractivity (Wildman–Crippen MR) is 150 cm³/mol. The Morgan fingerprint density at radius 2 is 1.03 bits per heavy atom. The Bertz CT molecular complexity index is 482. The summed E-state index contributed by atoms with van der Waals surface area (Å²) in [4.78, 5) is 20.4. The van der Waals surface area contributed by atoms with Crippen molar-refractivity contribution in [2.45, 2.75) is 162 Å². The van der Waals surface area contributed by atoms with Crippen LogP contribution in [0.3, 0.4) is 0 Å². The Hall–Kier alpha value is -1.10. The van der Waals surface area contributed by atoms with E-state index in [2.05, 4.69) is 18.8 Å². The van der Waals surface area contributed by atoms with Crippen LogP contribution in [-0.2, 0) is 9.63 Å². The van der Waals surface area contributed by atoms with Gasteiger partial charge in [0.25, 0.3) is 0 Å². The van der Waals surface area contributed by atoms with E-state index in [1.54, 1.807) is 5.06 Å². The second-order valence-corrected chi connectivity index (χ2v) is 10.4. The molecule has 0 atom stereocenters. The lowest BCUT2D eigenvalue weighted by Crippen LogP contribution is -2.73. The number of unbranched alkanes of at least 4 members (excludes halogenated alkanes) is 18. The van der Waals surface area contributed by atoms with E-state index >= 15 is 0 Å². The third-order valence-electron chi connectivity index (χ3n) is 6.74. The second kappa shape index (κ2) is 27.5. The van der Waals surface area contributed by atoms with Gasteiger partial charge in [-0.3, -0.25) is 4.79 Å². The van der Waals surface area contributed by atoms with Crippen LogP contribution in [0.15, 0.2) is 0 Å². The molecule has 0 aromatic heterocycles. The summed E-state index contributed by atoms with van der Waals surface area (Å²) < 4.78 is 0. The fourth-order valence-electron chi connectivity index (χ4n) is 4.42. The normalized spacial score (nSPS) is 11.9. The molecule has 0 amide bonds. The van der Waals surface area contributed by atoms with Crippen LogP contribution in [0.5, 0.6) is 0 Å². The standard InChI is InChI=1S/C30H60N2O3/c1-4-6-8-10-12-14-15-17-18-20-22-25-29(33)31-27-24-28-32(3)35-30(34)26-23-21-19-16-13-11-9-7-5-2/h4-28H2,1-3H3,(H,31,33)/p+1. The quantitative estimate of drug-likeness (QED) is 0.0536. The van der Waals surface area contributed by atoms with Crippen LogP contribution in [0.1, 0.15) is 162 Å². The molecule has 0 fully saturated rings. The number of aliphatic hydroxyl groups is 1. The topological polar surface area (TPSA) is 63.7 Å². The Morgan fingerprint density at radius 1 is 0.629 bits per heavy atom. The van der Waals surface area contributed by atoms with Crippen molar-refractivity contribution in [1.82, 2.24) is 5.06 Å². The molecule has 0 unspecified atom stereocenters. The number of hydrogen-bond donors (Lipinski definition) is 2. The highest BCUT2D eigenvalue weighted by Gasteiger charge is 2.08. The minimum absolute atomic E-state index is 0.130. The summed E-state index contributed by atoms with van der Waals surface area (Å²) >= 11 is 0. The van der Waals surface area contributed by atoms with Gasteiger partial charge in [0.2, 0.25) is 0 Å². The number of hydroxylamine groups is 2. The van der Waals surface area contributed by atoms with Gasteiger partial charge in [0, 0.05) is 26.4 Å². The molecule has 35 heavy (non-hydrogen) atoms. The molecule has 0 aliphatic heterocycles. The van der Waals surface area contributed by atoms with Gasteiger partial charge >= 0.3 is 11.9 Å². The van der Waals surface area contributed by atoms with E-state index in [-0.39, 0.29) is 5.97 Å². The van der Waals surface area contributed by atoms with Crippen molar-refractivity contribution in [3.8, 4) is 0 Å². The van der Waals surface area contributed by atoms with Crippen molar-refractivity contribution in [2.24, 2.45) is 0 Å². The number of carbonyl (C=O) groups excluding carboxylic acids is 1. The van der Waals surface area contributed by atoms with E-state index in [1.165, 1.54) is 109 Å². The number of hydrogen-bond acceptors (Lipinski definition) is 3. The van der Waals surface area contributed by atoms with Gasteiger partial charge in [-0.25, -0.2) is 4.99 Å². The average molecular weight is 498 g/mol. The van der Waals surface area contributed by atoms with Crippen LogP contribution in [0.25, 0.3) is 0 Å². The van der Waals surface area contributed by atoms with Crippen molar-refractivity contribution in [2.75, 3.05) is 20.1 Å². The maximum absolute atomic E-state index is 12.0. The average Bonchev–Trinajstić information content (AvgIpc) is 2.84. The molecule has 0 saturated heterocycles. The molecular weight excluding hydrogens is 436 g/mol. The van der Waals surface area contributed by atoms with Crippen molar-refractivity contribution in [3.05, 3.63) is 0 Å². The van der Waals surface area contributed by atoms with Gasteiger partial charge in [-0.2, -0.15) is 0 Å². The number of nitrogens with one attached hydrogen (secondary N) is 1. The van der Waals surface area contributed by atoms with E-state index in [9.17, 15) is 9.90 Å². The summed E-state index contributed by atoms with van der Waals surface area (Å²) in [5.41, 5.74) is 0. The number of rotatable bonds is 27. The fourth-order valence-corrected chi connectivity index (χ4v) is 4.42. The first-order chi connectivity index (χ1) is 17.1. The van der Waals surface area contributed by atoms with Crippen LogP contribution in [-0.4, -0.2) is 42.2 Å². The maximum atomic E-state index is 12.0. The number of carbonyl (C=O) groups is 1. The minimum Gasteiger partial charge on any atom is -0.464 e. The third kappa shape index (κ3) is 27.3. The van der Waals surface area contributed by atoms with E-state index in [1.807, 2.05) is 7.05 Å². The van der Waals surface area contributed by atoms with Crippen LogP contribution < -0.4 is 4.99 Å². The largest absolute Gasteiger partial charge is 0.464 e. The van der Waals surface area contributed by atoms with Gasteiger partial charge in [-0.1, -0.05) is 129 Å². The predicted octanol–water partition coefficient (Wildman–Crippen LogP) is 7.43. The molecule has 0 spiro atoms. The molecule has 5 nitrogen and oxygen atoms in total. The summed E-state index contributed by atoms with van der Waals surface area (Å²) in [6, 6.07) is 0. The highest BCUT2D eigenvalue weighted by Crippen LogP contribution is 2.12. The summed E-state index contributed by atoms with van der Waals surface area (Å²) in [6.07, 6.45) is 27.8. The molecule has 0 aromatic rings. The molecule has 0 saturated carbocycles. The smallest absolute Gasteiger partial charge is 0.332 e. The van der Waals surface area contributed by atoms with Crippen LogP contribution in [0, 0.1) is 0 Å². The Morgan fingerprint density at radius 3 is 1.49 bits per heavy atom. The lowest BCUT2D eigenvalue weighted by molar-refractivity contribution is -0.469. The lowest BCUT2D eigenvalue weighted by atomic mass is 10.1. The van der Waals surface area contributed by atoms with Crippen molar-refractivity contribution >= 4 is 11.9 Å². The molecule has 0 aliphatic rings. The first kappa shape index (κ1) is 33.9. The zero-order valence-corrected chi connectivity index (χ0v) is 23.9. The zero-order valence-electron chi connectivity index (χ0n) is 23.9. The van der Waals surface area contributed by atoms with E-state index in [0.29, 0.717) is 25.4 Å². The number of aliphatic hydroxyl groups excluding tert-OH is 1. The van der Waals surface area contributed by atoms with Crippen LogP contribution >= 0.6 is 0 Å². The van der Waals surface area contributed by atoms with Gasteiger partial charge in [0.15, 0.2) is 0 Å². The fraction of sp³-hybridized carbons (Fsp3) is 0.933. The summed E-state index contributed by atoms with van der Waals surface area (Å²) in [7, 11) is 1.81. The first-order valence-electron chi connectivity index (χ1n) is 15.3. The highest BCUT2D eigenvalue weighted by molar-refractivity contribution is 5.68. The first-order valence-corrected chi connectivity index (χ1v) is 15.3. The summed E-state index contributed by atoms with van der Waals surface area (Å²) in [6.45, 7) is 5.88. The van der Waals surface area contributed by atoms with Gasteiger partial charge in [0.05, 0.1) is 6.42 Å². The minimum atomic E-state index is -0.130. The third-order valence-corrected chi connectivity index (χ3v) is 6.74. The molecule has 2 N–H and O–H groups in total. The molecule has 5 heteroatoms. The molecule has 0 heterocycles. The summed E-state index contributed by atoms with van der Waals surface area (Å²) in [5.74, 6) is 0.264. The Kier molecular flexibility index (Phi) is 26.6. The lowest BCUT2D eigenvalue weighted by Gasteiger charge is -2.14. The second-order valence-electron chi connectivity index (χ2n) is 10.4. The van der Waals surface area contributed by atoms with Gasteiger partial charge < -0.3 is 9.94 Å². The van der Waals surface area contributed by atoms with Gasteiger partial charge in [0.1, 0.15) is 6.54 Å². The Labute approximate surface area is 218 Å². The molecule has 208 valence electrons. The zero-order chi connectivity index (χ0) is 25.8. The van der Waals surface area contributed by atoms with E-state index < -0.39 is 0 Å². The molecule has 0 bridgehead atoms. The van der Waals surface area contributed by atoms with Crippen molar-refractivity contribution in [1.29, 1.82) is 0 Å². The maximum Gasteiger partial charge on any atom is 0.332 e. The number of nitrogens with zero attached hydrogens (tertiary/aromatic N) is 1. The van der Waals surface area contributed by atoms with Crippen LogP contribution in [0.2, 0.25) is 0 Å². The van der Waals surface area contributed by atoms with Crippen LogP contribution in [0.4, 0.5) is 0 Å². The van der Waals surface area contributed by atoms with E-state index in [4.69, 9.17) is 4.84 Å². The SMILES string of the molecule is CCCCCCCCCCCCCC(O)=[NH+]CCCN(C)OC(=O)CCCCCCCCCCC.